The highest BCUT2D eigenvalue weighted by molar-refractivity contribution is 5.84. The van der Waals surface area contributed by atoms with E-state index in [1.807, 2.05) is 13.8 Å². The van der Waals surface area contributed by atoms with E-state index in [1.165, 1.54) is 44.9 Å². The summed E-state index contributed by atoms with van der Waals surface area (Å²) in [7, 11) is 0. The van der Waals surface area contributed by atoms with Gasteiger partial charge in [0.15, 0.2) is 5.78 Å². The van der Waals surface area contributed by atoms with Gasteiger partial charge in [0, 0.05) is 44.8 Å². The van der Waals surface area contributed by atoms with E-state index in [-0.39, 0.29) is 61.8 Å². The van der Waals surface area contributed by atoms with Crippen molar-refractivity contribution in [2.45, 2.75) is 142 Å². The van der Waals surface area contributed by atoms with Crippen molar-refractivity contribution in [3.05, 3.63) is 0 Å². The van der Waals surface area contributed by atoms with E-state index in [2.05, 4.69) is 21.3 Å². The van der Waals surface area contributed by atoms with Crippen LogP contribution < -0.4 is 21.3 Å². The summed E-state index contributed by atoms with van der Waals surface area (Å²) in [5, 5.41) is 28.7. The van der Waals surface area contributed by atoms with Gasteiger partial charge in [-0.15, -0.1) is 0 Å². The molecule has 0 rings (SSSR count). The van der Waals surface area contributed by atoms with Crippen LogP contribution in [0.25, 0.3) is 0 Å². The highest BCUT2D eigenvalue weighted by atomic mass is 16.5. The van der Waals surface area contributed by atoms with Crippen LogP contribution in [-0.2, 0) is 33.4 Å². The molecule has 1 atom stereocenters. The van der Waals surface area contributed by atoms with Gasteiger partial charge >= 0.3 is 18.0 Å². The van der Waals surface area contributed by atoms with Crippen LogP contribution in [0.1, 0.15) is 136 Å². The summed E-state index contributed by atoms with van der Waals surface area (Å²) in [6.45, 7) is 5.56. The number of aliphatic carboxylic acids is 2. The van der Waals surface area contributed by atoms with E-state index in [0.717, 1.165) is 38.5 Å². The molecule has 14 nitrogen and oxygen atoms in total. The van der Waals surface area contributed by atoms with Crippen LogP contribution in [-0.4, -0.2) is 97.9 Å². The molecule has 14 heteroatoms. The molecule has 0 aromatic rings. The molecule has 0 fully saturated rings. The van der Waals surface area contributed by atoms with Crippen molar-refractivity contribution < 1.29 is 48.5 Å². The Kier molecular flexibility index (Phi) is 30.8. The Morgan fingerprint density at radius 1 is 0.540 bits per heavy atom. The molecule has 4 amide bonds. The first kappa shape index (κ1) is 46.7. The number of hydrogen-bond donors (Lipinski definition) is 6. The number of carboxylic acid groups (broad SMARTS) is 2. The molecule has 0 aromatic carbocycles. The highest BCUT2D eigenvalue weighted by Crippen LogP contribution is 2.14. The number of ketones is 1. The van der Waals surface area contributed by atoms with Gasteiger partial charge in [-0.05, 0) is 25.7 Å². The summed E-state index contributed by atoms with van der Waals surface area (Å²) in [4.78, 5) is 69.8. The minimum atomic E-state index is -1.17. The largest absolute Gasteiger partial charge is 0.481 e. The van der Waals surface area contributed by atoms with Gasteiger partial charge in [-0.25, -0.2) is 9.59 Å². The summed E-state index contributed by atoms with van der Waals surface area (Å²) >= 11 is 0. The maximum Gasteiger partial charge on any atom is 0.326 e. The van der Waals surface area contributed by atoms with E-state index >= 15 is 0 Å². The molecule has 0 heterocycles. The summed E-state index contributed by atoms with van der Waals surface area (Å²) in [5.41, 5.74) is 0. The van der Waals surface area contributed by atoms with E-state index < -0.39 is 18.0 Å². The average Bonchev–Trinajstić information content (AvgIpc) is 3.06. The number of ether oxygens (including phenoxy) is 2. The van der Waals surface area contributed by atoms with Crippen LogP contribution in [0.15, 0.2) is 0 Å². The second-order valence-corrected chi connectivity index (χ2v) is 13.0. The number of carbonyl (C=O) groups is 6. The van der Waals surface area contributed by atoms with Crippen molar-refractivity contribution >= 4 is 35.6 Å². The number of nitrogens with one attached hydrogen (secondary N) is 4. The van der Waals surface area contributed by atoms with E-state index in [1.54, 1.807) is 0 Å². The standard InChI is InChI=1S/C36H66N4O10/c1-29(2)31(41)28-50-27-26-49-25-24-39-36(48)38-23-17-22-37-32(42)21-20-30(35(46)47)40-33(43)18-15-13-11-9-7-5-3-4-6-8-10-12-14-16-19-34(44)45/h29-30H,3-28H2,1-2H3,(H,37,42)(H,40,43)(H,44,45)(H,46,47)(H2,38,39,48)/t30-/m0/s1. The molecule has 50 heavy (non-hydrogen) atoms. The number of amides is 4. The van der Waals surface area contributed by atoms with E-state index in [0.29, 0.717) is 52.3 Å². The van der Waals surface area contributed by atoms with Crippen molar-refractivity contribution in [2.75, 3.05) is 46.1 Å². The Labute approximate surface area is 298 Å². The minimum absolute atomic E-state index is 0.00930. The third-order valence-electron chi connectivity index (χ3n) is 8.09. The zero-order valence-electron chi connectivity index (χ0n) is 30.7. The van der Waals surface area contributed by atoms with Crippen LogP contribution in [0.5, 0.6) is 0 Å². The molecule has 290 valence electrons. The Balaban J connectivity index is 3.71. The lowest BCUT2D eigenvalue weighted by Crippen LogP contribution is -2.41. The average molecular weight is 715 g/mol. The van der Waals surface area contributed by atoms with E-state index in [9.17, 15) is 33.9 Å². The predicted molar refractivity (Wildman–Crippen MR) is 191 cm³/mol. The molecule has 0 aliphatic carbocycles. The molecular weight excluding hydrogens is 648 g/mol. The van der Waals surface area contributed by atoms with Crippen LogP contribution in [0, 0.1) is 5.92 Å². The SMILES string of the molecule is CC(C)C(=O)COCCOCCNC(=O)NCCCNC(=O)CC[C@H](NC(=O)CCCCCCCCCCCCCCCCC(=O)O)C(=O)O. The first-order valence-corrected chi connectivity index (χ1v) is 18.7. The van der Waals surface area contributed by atoms with Gasteiger partial charge in [-0.1, -0.05) is 90.9 Å². The molecule has 0 aliphatic heterocycles. The van der Waals surface area contributed by atoms with Crippen LogP contribution in [0.2, 0.25) is 0 Å². The summed E-state index contributed by atoms with van der Waals surface area (Å²) in [5.74, 6) is -2.55. The van der Waals surface area contributed by atoms with Crippen molar-refractivity contribution in [1.82, 2.24) is 21.3 Å². The number of carbonyl (C=O) groups excluding carboxylic acids is 4. The third-order valence-corrected chi connectivity index (χ3v) is 8.09. The third kappa shape index (κ3) is 32.0. The monoisotopic (exact) mass is 714 g/mol. The van der Waals surface area contributed by atoms with Gasteiger partial charge in [0.2, 0.25) is 11.8 Å². The van der Waals surface area contributed by atoms with Crippen molar-refractivity contribution in [3.63, 3.8) is 0 Å². The van der Waals surface area contributed by atoms with Crippen molar-refractivity contribution in [3.8, 4) is 0 Å². The molecule has 0 aromatic heterocycles. The molecule has 6 N–H and O–H groups in total. The van der Waals surface area contributed by atoms with Gasteiger partial charge < -0.3 is 41.0 Å². The lowest BCUT2D eigenvalue weighted by molar-refractivity contribution is -0.142. The number of hydrogen-bond acceptors (Lipinski definition) is 8. The fraction of sp³-hybridized carbons (Fsp3) is 0.833. The maximum absolute atomic E-state index is 12.3. The molecule has 0 radical (unpaired) electrons. The second kappa shape index (κ2) is 32.9. The Hall–Kier alpha value is -3.26. The van der Waals surface area contributed by atoms with Crippen LogP contribution in [0.4, 0.5) is 4.79 Å². The molecule has 0 saturated heterocycles. The molecule has 0 bridgehead atoms. The second-order valence-electron chi connectivity index (χ2n) is 13.0. The van der Waals surface area contributed by atoms with Gasteiger partial charge in [-0.3, -0.25) is 19.2 Å². The smallest absolute Gasteiger partial charge is 0.326 e. The van der Waals surface area contributed by atoms with Crippen LogP contribution >= 0.6 is 0 Å². The van der Waals surface area contributed by atoms with Crippen molar-refractivity contribution in [1.29, 1.82) is 0 Å². The Morgan fingerprint density at radius 2 is 1.04 bits per heavy atom. The zero-order valence-corrected chi connectivity index (χ0v) is 30.7. The zero-order chi connectivity index (χ0) is 37.2. The molecule has 0 spiro atoms. The quantitative estimate of drug-likeness (QED) is 0.0498. The minimum Gasteiger partial charge on any atom is -0.481 e. The topological polar surface area (TPSA) is 209 Å². The first-order valence-electron chi connectivity index (χ1n) is 18.7. The van der Waals surface area contributed by atoms with Crippen molar-refractivity contribution in [2.24, 2.45) is 5.92 Å². The summed E-state index contributed by atoms with van der Waals surface area (Å²) < 4.78 is 10.6. The number of urea groups is 1. The van der Waals surface area contributed by atoms with E-state index in [4.69, 9.17) is 14.6 Å². The molecule has 0 unspecified atom stereocenters. The highest BCUT2D eigenvalue weighted by Gasteiger charge is 2.20. The maximum atomic E-state index is 12.3. The Morgan fingerprint density at radius 3 is 1.58 bits per heavy atom. The van der Waals surface area contributed by atoms with Gasteiger partial charge in [0.1, 0.15) is 12.6 Å². The molecule has 0 saturated carbocycles. The number of carboxylic acids is 2. The lowest BCUT2D eigenvalue weighted by atomic mass is 10.0. The lowest BCUT2D eigenvalue weighted by Gasteiger charge is -2.14. The van der Waals surface area contributed by atoms with Gasteiger partial charge in [0.05, 0.1) is 19.8 Å². The number of unbranched alkanes of at least 4 members (excludes halogenated alkanes) is 13. The van der Waals surface area contributed by atoms with Gasteiger partial charge in [0.25, 0.3) is 0 Å². The number of Topliss-reactive ketones (excluding diaryl/α,β-unsaturated/α-hetero) is 1. The molecular formula is C36H66N4O10. The van der Waals surface area contributed by atoms with Crippen LogP contribution in [0.3, 0.4) is 0 Å². The first-order chi connectivity index (χ1) is 24.0. The number of rotatable bonds is 35. The van der Waals surface area contributed by atoms with Gasteiger partial charge in [-0.2, -0.15) is 0 Å². The molecule has 0 aliphatic rings. The fourth-order valence-corrected chi connectivity index (χ4v) is 4.95. The summed E-state index contributed by atoms with van der Waals surface area (Å²) in [6.07, 6.45) is 16.1. The summed E-state index contributed by atoms with van der Waals surface area (Å²) in [6, 6.07) is -1.49. The fourth-order valence-electron chi connectivity index (χ4n) is 4.95. The predicted octanol–water partition coefficient (Wildman–Crippen LogP) is 4.73. The Bertz CT molecular complexity index is 948. The normalized spacial score (nSPS) is 11.6.